The molecule has 4 rings (SSSR count). The van der Waals surface area contributed by atoms with Crippen LogP contribution in [0.5, 0.6) is 0 Å². The van der Waals surface area contributed by atoms with Crippen molar-refractivity contribution in [2.45, 2.75) is 45.4 Å². The van der Waals surface area contributed by atoms with Gasteiger partial charge in [0.05, 0.1) is 0 Å². The molecule has 0 radical (unpaired) electrons. The van der Waals surface area contributed by atoms with E-state index in [9.17, 15) is 4.79 Å². The first-order valence-corrected chi connectivity index (χ1v) is 12.8. The molecular weight excluding hydrogens is 401 g/mol. The summed E-state index contributed by atoms with van der Waals surface area (Å²) in [5, 5.41) is 1.52. The van der Waals surface area contributed by atoms with Crippen LogP contribution in [0.2, 0.25) is 0 Å². The van der Waals surface area contributed by atoms with Crippen molar-refractivity contribution in [1.82, 2.24) is 0 Å². The zero-order valence-electron chi connectivity index (χ0n) is 18.7. The van der Waals surface area contributed by atoms with E-state index in [2.05, 4.69) is 76.2 Å². The van der Waals surface area contributed by atoms with Crippen molar-refractivity contribution in [2.24, 2.45) is 10.2 Å². The fourth-order valence-electron chi connectivity index (χ4n) is 5.55. The molecule has 0 saturated carbocycles. The van der Waals surface area contributed by atoms with Gasteiger partial charge in [0.1, 0.15) is 0 Å². The molecule has 1 fully saturated rings. The molecule has 4 heteroatoms. The van der Waals surface area contributed by atoms with Gasteiger partial charge in [-0.15, -0.1) is 0 Å². The monoisotopic (exact) mass is 431 g/mol. The van der Waals surface area contributed by atoms with Gasteiger partial charge in [0, 0.05) is 0 Å². The van der Waals surface area contributed by atoms with Crippen LogP contribution in [-0.2, 0) is 15.7 Å². The van der Waals surface area contributed by atoms with Gasteiger partial charge in [-0.2, -0.15) is 0 Å². The van der Waals surface area contributed by atoms with Crippen LogP contribution in [0.15, 0.2) is 95.8 Å². The quantitative estimate of drug-likeness (QED) is 0.291. The molecule has 0 aromatic heterocycles. The molecule has 0 amide bonds. The van der Waals surface area contributed by atoms with E-state index in [4.69, 9.17) is 9.29 Å². The summed E-state index contributed by atoms with van der Waals surface area (Å²) in [4.78, 5) is 12.1. The van der Waals surface area contributed by atoms with Crippen molar-refractivity contribution in [2.75, 3.05) is 0 Å². The zero-order valence-corrected chi connectivity index (χ0v) is 19.6. The van der Waals surface area contributed by atoms with Crippen LogP contribution in [0.3, 0.4) is 0 Å². The standard InChI is InChI=1S/C27H30NO2P/c1-26(2,3)25-27(4,20-22-14-8-5-9-15-22)31(30-25,28-21-29,23-16-10-6-11-17-23)24-18-12-7-13-19-24/h5-19,25H,20H2,1-4H3. The summed E-state index contributed by atoms with van der Waals surface area (Å²) in [6.07, 6.45) is 2.63. The van der Waals surface area contributed by atoms with Crippen LogP contribution >= 0.6 is 6.98 Å². The molecule has 3 nitrogen and oxygen atoms in total. The normalized spacial score (nSPS) is 25.3. The van der Waals surface area contributed by atoms with Crippen LogP contribution in [-0.4, -0.2) is 17.3 Å². The Morgan fingerprint density at radius 2 is 1.32 bits per heavy atom. The van der Waals surface area contributed by atoms with E-state index in [1.807, 2.05) is 48.5 Å². The van der Waals surface area contributed by atoms with Gasteiger partial charge in [0.15, 0.2) is 0 Å². The molecule has 31 heavy (non-hydrogen) atoms. The summed E-state index contributed by atoms with van der Waals surface area (Å²) in [6, 6.07) is 30.7. The predicted molar refractivity (Wildman–Crippen MR) is 130 cm³/mol. The number of isocyanates is 1. The van der Waals surface area contributed by atoms with Gasteiger partial charge in [-0.05, 0) is 0 Å². The molecule has 1 heterocycles. The maximum atomic E-state index is 12.1. The maximum absolute atomic E-state index is 12.1. The molecule has 3 aromatic carbocycles. The molecule has 0 spiro atoms. The third-order valence-corrected chi connectivity index (χ3v) is 12.6. The van der Waals surface area contributed by atoms with Gasteiger partial charge in [-0.1, -0.05) is 0 Å². The van der Waals surface area contributed by atoms with Crippen LogP contribution in [0.1, 0.15) is 33.3 Å². The summed E-state index contributed by atoms with van der Waals surface area (Å²) < 4.78 is 11.8. The van der Waals surface area contributed by atoms with Crippen molar-refractivity contribution < 1.29 is 9.32 Å². The number of nitrogens with zero attached hydrogens (tertiary/aromatic N) is 1. The van der Waals surface area contributed by atoms with Gasteiger partial charge in [-0.3, -0.25) is 0 Å². The second kappa shape index (κ2) is 7.53. The Hall–Kier alpha value is -2.57. The second-order valence-corrected chi connectivity index (χ2v) is 14.2. The number of hydrogen-bond acceptors (Lipinski definition) is 3. The third kappa shape index (κ3) is 2.96. The van der Waals surface area contributed by atoms with Crippen molar-refractivity contribution >= 4 is 23.7 Å². The molecule has 0 bridgehead atoms. The van der Waals surface area contributed by atoms with E-state index in [-0.39, 0.29) is 11.5 Å². The Morgan fingerprint density at radius 3 is 1.74 bits per heavy atom. The zero-order chi connectivity index (χ0) is 22.2. The molecule has 2 atom stereocenters. The summed E-state index contributed by atoms with van der Waals surface area (Å²) in [5.74, 6) is 0. The predicted octanol–water partition coefficient (Wildman–Crippen LogP) is 5.80. The molecule has 2 unspecified atom stereocenters. The number of benzene rings is 3. The molecule has 0 N–H and O–H groups in total. The molecule has 1 saturated heterocycles. The van der Waals surface area contributed by atoms with Crippen molar-refractivity contribution in [3.63, 3.8) is 0 Å². The SMILES string of the molecule is CC(C)(C)C1OP(N=C=O)(c2ccccc2)(c2ccccc2)C1(C)Cc1ccccc1. The van der Waals surface area contributed by atoms with Crippen LogP contribution in [0, 0.1) is 5.41 Å². The Kier molecular flexibility index (Phi) is 5.26. The van der Waals surface area contributed by atoms with Gasteiger partial charge in [0.2, 0.25) is 0 Å². The van der Waals surface area contributed by atoms with E-state index >= 15 is 0 Å². The fraction of sp³-hybridized carbons (Fsp3) is 0.296. The Labute approximate surface area is 185 Å². The first-order valence-electron chi connectivity index (χ1n) is 10.7. The molecule has 1 aliphatic rings. The summed E-state index contributed by atoms with van der Waals surface area (Å²) in [7, 11) is 0. The average Bonchev–Trinajstić information content (AvgIpc) is 2.77. The van der Waals surface area contributed by atoms with Gasteiger partial charge < -0.3 is 0 Å². The van der Waals surface area contributed by atoms with E-state index in [1.54, 1.807) is 0 Å². The Bertz CT molecular complexity index is 1060. The fourth-order valence-corrected chi connectivity index (χ4v) is 11.8. The van der Waals surface area contributed by atoms with Crippen LogP contribution in [0.25, 0.3) is 0 Å². The minimum absolute atomic E-state index is 0.0876. The van der Waals surface area contributed by atoms with E-state index < -0.39 is 12.1 Å². The van der Waals surface area contributed by atoms with E-state index in [0.717, 1.165) is 17.0 Å². The van der Waals surface area contributed by atoms with Crippen LogP contribution in [0.4, 0.5) is 0 Å². The first kappa shape index (κ1) is 21.7. The number of hydrogen-bond donors (Lipinski definition) is 0. The summed E-state index contributed by atoms with van der Waals surface area (Å²) >= 11 is 0. The van der Waals surface area contributed by atoms with E-state index in [0.29, 0.717) is 0 Å². The molecule has 1 aliphatic heterocycles. The summed E-state index contributed by atoms with van der Waals surface area (Å²) in [6.45, 7) is 5.09. The first-order chi connectivity index (χ1) is 14.8. The third-order valence-electron chi connectivity index (χ3n) is 6.72. The Morgan fingerprint density at radius 1 is 0.871 bits per heavy atom. The topological polar surface area (TPSA) is 38.7 Å². The van der Waals surface area contributed by atoms with E-state index in [1.165, 1.54) is 5.56 Å². The van der Waals surface area contributed by atoms with Gasteiger partial charge in [-0.25, -0.2) is 0 Å². The van der Waals surface area contributed by atoms with Gasteiger partial charge in [0.25, 0.3) is 0 Å². The molecule has 3 aromatic rings. The Balaban J connectivity index is 2.10. The second-order valence-electron chi connectivity index (χ2n) is 9.72. The molecule has 160 valence electrons. The minimum atomic E-state index is -3.77. The average molecular weight is 432 g/mol. The van der Waals surface area contributed by atoms with Crippen molar-refractivity contribution in [3.8, 4) is 0 Å². The molecular formula is C27H30NO2P. The molecule has 0 aliphatic carbocycles. The summed E-state index contributed by atoms with van der Waals surface area (Å²) in [5.41, 5.74) is 1.08. The number of carbonyl (C=O) groups excluding carboxylic acids is 1. The van der Waals surface area contributed by atoms with Crippen molar-refractivity contribution in [3.05, 3.63) is 96.6 Å². The van der Waals surface area contributed by atoms with Crippen molar-refractivity contribution in [1.29, 1.82) is 0 Å². The number of rotatable bonds is 5. The van der Waals surface area contributed by atoms with Gasteiger partial charge >= 0.3 is 185 Å². The van der Waals surface area contributed by atoms with Crippen LogP contribution < -0.4 is 10.6 Å².